The number of nitrogens with one attached hydrogen (secondary N) is 1. The van der Waals surface area contributed by atoms with Gasteiger partial charge in [-0.2, -0.15) is 0 Å². The molecule has 1 aliphatic rings. The van der Waals surface area contributed by atoms with Crippen LogP contribution in [0.2, 0.25) is 0 Å². The van der Waals surface area contributed by atoms with Crippen molar-refractivity contribution in [1.82, 2.24) is 9.97 Å². The third-order valence-corrected chi connectivity index (χ3v) is 3.37. The van der Waals surface area contributed by atoms with Crippen LogP contribution in [0, 0.1) is 6.92 Å². The molecule has 2 N–H and O–H groups in total. The topological polar surface area (TPSA) is 61.3 Å². The van der Waals surface area contributed by atoms with Crippen LogP contribution in [0.4, 0.5) is 11.6 Å². The summed E-state index contributed by atoms with van der Waals surface area (Å²) in [6.07, 6.45) is 2.38. The molecule has 1 aliphatic carbocycles. The summed E-state index contributed by atoms with van der Waals surface area (Å²) in [5.41, 5.74) is 1.05. The number of aliphatic hydroxyl groups is 1. The van der Waals surface area contributed by atoms with Crippen molar-refractivity contribution in [2.45, 2.75) is 32.6 Å². The van der Waals surface area contributed by atoms with Gasteiger partial charge in [-0.1, -0.05) is 0 Å². The molecule has 0 bridgehead atoms. The molecule has 0 atom stereocenters. The van der Waals surface area contributed by atoms with Crippen molar-refractivity contribution in [2.75, 3.05) is 37.0 Å². The van der Waals surface area contributed by atoms with Crippen LogP contribution in [0.3, 0.4) is 0 Å². The Morgan fingerprint density at radius 2 is 2.11 bits per heavy atom. The van der Waals surface area contributed by atoms with Gasteiger partial charge in [0.15, 0.2) is 0 Å². The third-order valence-electron chi connectivity index (χ3n) is 3.37. The van der Waals surface area contributed by atoms with E-state index in [2.05, 4.69) is 22.1 Å². The number of hydrogen-bond acceptors (Lipinski definition) is 5. The number of aromatic nitrogens is 2. The van der Waals surface area contributed by atoms with Crippen LogP contribution in [0.25, 0.3) is 0 Å². The molecule has 1 aromatic rings. The molecule has 2 rings (SSSR count). The zero-order chi connectivity index (χ0) is 13.1. The second-order valence-electron chi connectivity index (χ2n) is 4.71. The maximum Gasteiger partial charge on any atom is 0.137 e. The fraction of sp³-hybridized carbons (Fsp3) is 0.692. The monoisotopic (exact) mass is 250 g/mol. The average molecular weight is 250 g/mol. The number of rotatable bonds is 6. The van der Waals surface area contributed by atoms with Gasteiger partial charge in [-0.15, -0.1) is 0 Å². The molecule has 0 radical (unpaired) electrons. The molecular formula is C13H22N4O. The number of nitrogens with zero attached hydrogens (tertiary/aromatic N) is 3. The van der Waals surface area contributed by atoms with Crippen molar-refractivity contribution in [3.63, 3.8) is 0 Å². The molecule has 18 heavy (non-hydrogen) atoms. The molecule has 1 aromatic heterocycles. The highest BCUT2D eigenvalue weighted by Crippen LogP contribution is 2.39. The predicted molar refractivity (Wildman–Crippen MR) is 73.3 cm³/mol. The molecule has 5 heteroatoms. The molecule has 0 aliphatic heterocycles. The zero-order valence-electron chi connectivity index (χ0n) is 11.4. The molecule has 1 heterocycles. The van der Waals surface area contributed by atoms with Crippen LogP contribution in [0.1, 0.15) is 37.1 Å². The van der Waals surface area contributed by atoms with E-state index in [1.54, 1.807) is 0 Å². The summed E-state index contributed by atoms with van der Waals surface area (Å²) in [6.45, 7) is 5.70. The van der Waals surface area contributed by atoms with E-state index in [0.29, 0.717) is 12.5 Å². The van der Waals surface area contributed by atoms with Gasteiger partial charge in [0.2, 0.25) is 0 Å². The van der Waals surface area contributed by atoms with E-state index in [-0.39, 0.29) is 6.61 Å². The Kier molecular flexibility index (Phi) is 4.01. The van der Waals surface area contributed by atoms with Gasteiger partial charge in [-0.25, -0.2) is 9.97 Å². The standard InChI is InChI=1S/C13H22N4O/c1-4-17(7-8-18)13-9(2)11(14-3)15-12(16-13)10-5-6-10/h10,18H,4-8H2,1-3H3,(H,14,15,16). The van der Waals surface area contributed by atoms with Gasteiger partial charge in [0, 0.05) is 31.6 Å². The predicted octanol–water partition coefficient (Wildman–Crippen LogP) is 1.52. The molecule has 5 nitrogen and oxygen atoms in total. The SMILES string of the molecule is CCN(CCO)c1nc(C2CC2)nc(NC)c1C. The lowest BCUT2D eigenvalue weighted by atomic mass is 10.2. The Balaban J connectivity index is 2.39. The molecule has 100 valence electrons. The van der Waals surface area contributed by atoms with E-state index in [0.717, 1.165) is 29.6 Å². The first-order chi connectivity index (χ1) is 8.71. The summed E-state index contributed by atoms with van der Waals surface area (Å²) in [4.78, 5) is 11.4. The Morgan fingerprint density at radius 3 is 2.61 bits per heavy atom. The van der Waals surface area contributed by atoms with Crippen LogP contribution in [0.15, 0.2) is 0 Å². The Bertz CT molecular complexity index is 418. The van der Waals surface area contributed by atoms with Gasteiger partial charge in [0.05, 0.1) is 6.61 Å². The molecule has 0 amide bonds. The molecule has 0 saturated heterocycles. The summed E-state index contributed by atoms with van der Waals surface area (Å²) in [5.74, 6) is 3.33. The van der Waals surface area contributed by atoms with Gasteiger partial charge in [-0.3, -0.25) is 0 Å². The van der Waals surface area contributed by atoms with Crippen LogP contribution < -0.4 is 10.2 Å². The third kappa shape index (κ3) is 2.56. The van der Waals surface area contributed by atoms with E-state index in [4.69, 9.17) is 10.1 Å². The highest BCUT2D eigenvalue weighted by Gasteiger charge is 2.28. The van der Waals surface area contributed by atoms with Crippen molar-refractivity contribution in [2.24, 2.45) is 0 Å². The summed E-state index contributed by atoms with van der Waals surface area (Å²) in [5, 5.41) is 12.3. The first-order valence-corrected chi connectivity index (χ1v) is 6.63. The van der Waals surface area contributed by atoms with Gasteiger partial charge in [0.1, 0.15) is 17.5 Å². The Hall–Kier alpha value is -1.36. The lowest BCUT2D eigenvalue weighted by molar-refractivity contribution is 0.302. The van der Waals surface area contributed by atoms with Gasteiger partial charge < -0.3 is 15.3 Å². The van der Waals surface area contributed by atoms with Crippen LogP contribution in [-0.2, 0) is 0 Å². The fourth-order valence-corrected chi connectivity index (χ4v) is 2.13. The van der Waals surface area contributed by atoms with Crippen molar-refractivity contribution in [1.29, 1.82) is 0 Å². The zero-order valence-corrected chi connectivity index (χ0v) is 11.4. The molecule has 1 saturated carbocycles. The van der Waals surface area contributed by atoms with E-state index in [1.165, 1.54) is 12.8 Å². The van der Waals surface area contributed by atoms with E-state index >= 15 is 0 Å². The van der Waals surface area contributed by atoms with Crippen molar-refractivity contribution >= 4 is 11.6 Å². The minimum absolute atomic E-state index is 0.144. The number of anilines is 2. The summed E-state index contributed by atoms with van der Waals surface area (Å²) in [7, 11) is 1.89. The van der Waals surface area contributed by atoms with Gasteiger partial charge >= 0.3 is 0 Å². The molecule has 0 spiro atoms. The van der Waals surface area contributed by atoms with Crippen molar-refractivity contribution in [3.8, 4) is 0 Å². The van der Waals surface area contributed by atoms with E-state index in [1.807, 2.05) is 14.0 Å². The minimum Gasteiger partial charge on any atom is -0.395 e. The number of hydrogen-bond donors (Lipinski definition) is 2. The summed E-state index contributed by atoms with van der Waals surface area (Å²) < 4.78 is 0. The van der Waals surface area contributed by atoms with Crippen molar-refractivity contribution in [3.05, 3.63) is 11.4 Å². The first kappa shape index (κ1) is 13.1. The molecule has 1 fully saturated rings. The van der Waals surface area contributed by atoms with Crippen molar-refractivity contribution < 1.29 is 5.11 Å². The quantitative estimate of drug-likeness (QED) is 0.801. The fourth-order valence-electron chi connectivity index (χ4n) is 2.13. The number of aliphatic hydroxyl groups excluding tert-OH is 1. The van der Waals surface area contributed by atoms with E-state index < -0.39 is 0 Å². The normalized spacial score (nSPS) is 14.7. The summed E-state index contributed by atoms with van der Waals surface area (Å²) in [6, 6.07) is 0. The molecule has 0 aromatic carbocycles. The average Bonchev–Trinajstić information content (AvgIpc) is 3.21. The Morgan fingerprint density at radius 1 is 1.39 bits per heavy atom. The Labute approximate surface area is 108 Å². The highest BCUT2D eigenvalue weighted by atomic mass is 16.3. The lowest BCUT2D eigenvalue weighted by Gasteiger charge is -2.24. The maximum atomic E-state index is 9.14. The minimum atomic E-state index is 0.144. The van der Waals surface area contributed by atoms with Gasteiger partial charge in [0.25, 0.3) is 0 Å². The second-order valence-corrected chi connectivity index (χ2v) is 4.71. The smallest absolute Gasteiger partial charge is 0.137 e. The molecular weight excluding hydrogens is 228 g/mol. The molecule has 0 unspecified atom stereocenters. The number of likely N-dealkylation sites (N-methyl/N-ethyl adjacent to an activating group) is 1. The highest BCUT2D eigenvalue weighted by molar-refractivity contribution is 5.58. The summed E-state index contributed by atoms with van der Waals surface area (Å²) >= 11 is 0. The second kappa shape index (κ2) is 5.52. The maximum absolute atomic E-state index is 9.14. The van der Waals surface area contributed by atoms with Gasteiger partial charge in [-0.05, 0) is 26.7 Å². The largest absolute Gasteiger partial charge is 0.395 e. The lowest BCUT2D eigenvalue weighted by Crippen LogP contribution is -2.28. The van der Waals surface area contributed by atoms with Crippen LogP contribution in [0.5, 0.6) is 0 Å². The van der Waals surface area contributed by atoms with Crippen LogP contribution >= 0.6 is 0 Å². The van der Waals surface area contributed by atoms with Crippen LogP contribution in [-0.4, -0.2) is 41.8 Å². The first-order valence-electron chi connectivity index (χ1n) is 6.63. The van der Waals surface area contributed by atoms with E-state index in [9.17, 15) is 0 Å².